The van der Waals surface area contributed by atoms with E-state index in [4.69, 9.17) is 0 Å². The van der Waals surface area contributed by atoms with Crippen LogP contribution >= 0.6 is 0 Å². The van der Waals surface area contributed by atoms with Crippen molar-refractivity contribution in [2.75, 3.05) is 0 Å². The minimum Gasteiger partial charge on any atom is -0.0995 e. The summed E-state index contributed by atoms with van der Waals surface area (Å²) in [6, 6.07) is 10.7. The summed E-state index contributed by atoms with van der Waals surface area (Å²) in [4.78, 5) is 0. The molecule has 1 aromatic carbocycles. The smallest absolute Gasteiger partial charge is 0.00427 e. The summed E-state index contributed by atoms with van der Waals surface area (Å²) in [5.74, 6) is 0.552. The Bertz CT molecular complexity index is 271. The molecule has 0 nitrogen and oxygen atoms in total. The van der Waals surface area contributed by atoms with Crippen LogP contribution in [0, 0.1) is 0 Å². The SMILES string of the molecule is C=C(C)[C@@H](CCCC)c1ccccc1. The van der Waals surface area contributed by atoms with Gasteiger partial charge in [-0.25, -0.2) is 0 Å². The van der Waals surface area contributed by atoms with E-state index in [1.807, 2.05) is 0 Å². The van der Waals surface area contributed by atoms with Gasteiger partial charge in [-0.05, 0) is 18.9 Å². The molecule has 0 unspecified atom stereocenters. The van der Waals surface area contributed by atoms with E-state index in [9.17, 15) is 0 Å². The Hall–Kier alpha value is -1.04. The summed E-state index contributed by atoms with van der Waals surface area (Å²) in [6.45, 7) is 8.45. The summed E-state index contributed by atoms with van der Waals surface area (Å²) in [5, 5.41) is 0. The number of hydrogen-bond acceptors (Lipinski definition) is 0. The Labute approximate surface area is 87.7 Å². The minimum atomic E-state index is 0.552. The van der Waals surface area contributed by atoms with E-state index in [0.29, 0.717) is 5.92 Å². The maximum absolute atomic E-state index is 4.08. The molecule has 0 heteroatoms. The van der Waals surface area contributed by atoms with E-state index >= 15 is 0 Å². The number of unbranched alkanes of at least 4 members (excludes halogenated alkanes) is 1. The van der Waals surface area contributed by atoms with Crippen LogP contribution in [0.25, 0.3) is 0 Å². The average Bonchev–Trinajstić information content (AvgIpc) is 2.19. The molecule has 0 aromatic heterocycles. The average molecular weight is 188 g/mol. The molecule has 0 fully saturated rings. The van der Waals surface area contributed by atoms with E-state index in [1.165, 1.54) is 30.4 Å². The lowest BCUT2D eigenvalue weighted by Gasteiger charge is -2.16. The minimum absolute atomic E-state index is 0.552. The second-order valence-corrected chi connectivity index (χ2v) is 3.95. The Balaban J connectivity index is 2.73. The van der Waals surface area contributed by atoms with Gasteiger partial charge in [-0.3, -0.25) is 0 Å². The van der Waals surface area contributed by atoms with Gasteiger partial charge in [0.05, 0.1) is 0 Å². The predicted molar refractivity (Wildman–Crippen MR) is 63.5 cm³/mol. The molecule has 0 saturated carbocycles. The van der Waals surface area contributed by atoms with E-state index in [1.54, 1.807) is 0 Å². The van der Waals surface area contributed by atoms with E-state index in [2.05, 4.69) is 50.8 Å². The fourth-order valence-corrected chi connectivity index (χ4v) is 1.79. The molecule has 14 heavy (non-hydrogen) atoms. The standard InChI is InChI=1S/C14H20/c1-4-5-11-14(12(2)3)13-9-7-6-8-10-13/h6-10,14H,2,4-5,11H2,1,3H3/t14-/m1/s1. The number of allylic oxidation sites excluding steroid dienone is 1. The fraction of sp³-hybridized carbons (Fsp3) is 0.429. The second-order valence-electron chi connectivity index (χ2n) is 3.95. The van der Waals surface area contributed by atoms with Gasteiger partial charge >= 0.3 is 0 Å². The van der Waals surface area contributed by atoms with Crippen molar-refractivity contribution >= 4 is 0 Å². The van der Waals surface area contributed by atoms with Gasteiger partial charge in [0.15, 0.2) is 0 Å². The monoisotopic (exact) mass is 188 g/mol. The first-order valence-corrected chi connectivity index (χ1v) is 5.46. The molecular weight excluding hydrogens is 168 g/mol. The molecule has 0 aliphatic carbocycles. The maximum atomic E-state index is 4.08. The first-order chi connectivity index (χ1) is 6.75. The van der Waals surface area contributed by atoms with Crippen molar-refractivity contribution in [1.29, 1.82) is 0 Å². The number of benzene rings is 1. The van der Waals surface area contributed by atoms with Gasteiger partial charge in [-0.1, -0.05) is 62.2 Å². The van der Waals surface area contributed by atoms with E-state index in [-0.39, 0.29) is 0 Å². The van der Waals surface area contributed by atoms with Crippen LogP contribution in [0.5, 0.6) is 0 Å². The van der Waals surface area contributed by atoms with Crippen molar-refractivity contribution in [2.45, 2.75) is 39.0 Å². The zero-order chi connectivity index (χ0) is 10.4. The van der Waals surface area contributed by atoms with E-state index < -0.39 is 0 Å². The lowest BCUT2D eigenvalue weighted by atomic mass is 9.88. The highest BCUT2D eigenvalue weighted by Crippen LogP contribution is 2.27. The Morgan fingerprint density at radius 1 is 1.29 bits per heavy atom. The van der Waals surface area contributed by atoms with Gasteiger partial charge in [0.25, 0.3) is 0 Å². The topological polar surface area (TPSA) is 0 Å². The zero-order valence-electron chi connectivity index (χ0n) is 9.29. The van der Waals surface area contributed by atoms with Gasteiger partial charge in [0.2, 0.25) is 0 Å². The van der Waals surface area contributed by atoms with Gasteiger partial charge < -0.3 is 0 Å². The molecule has 0 radical (unpaired) electrons. The van der Waals surface area contributed by atoms with Crippen molar-refractivity contribution in [1.82, 2.24) is 0 Å². The summed E-state index contributed by atoms with van der Waals surface area (Å²) in [6.07, 6.45) is 3.78. The molecule has 76 valence electrons. The first kappa shape index (κ1) is 11.0. The molecule has 1 aromatic rings. The third-order valence-electron chi connectivity index (χ3n) is 2.64. The highest BCUT2D eigenvalue weighted by atomic mass is 14.1. The molecule has 0 aliphatic heterocycles. The van der Waals surface area contributed by atoms with Crippen LogP contribution < -0.4 is 0 Å². The maximum Gasteiger partial charge on any atom is 0.00427 e. The van der Waals surface area contributed by atoms with E-state index in [0.717, 1.165) is 0 Å². The lowest BCUT2D eigenvalue weighted by Crippen LogP contribution is -1.99. The first-order valence-electron chi connectivity index (χ1n) is 5.46. The summed E-state index contributed by atoms with van der Waals surface area (Å²) in [7, 11) is 0. The van der Waals surface area contributed by atoms with Crippen molar-refractivity contribution in [3.05, 3.63) is 48.0 Å². The molecule has 1 rings (SSSR count). The van der Waals surface area contributed by atoms with Gasteiger partial charge in [0, 0.05) is 5.92 Å². The Morgan fingerprint density at radius 3 is 2.43 bits per heavy atom. The summed E-state index contributed by atoms with van der Waals surface area (Å²) >= 11 is 0. The van der Waals surface area contributed by atoms with Crippen molar-refractivity contribution in [3.8, 4) is 0 Å². The summed E-state index contributed by atoms with van der Waals surface area (Å²) < 4.78 is 0. The molecule has 0 heterocycles. The number of rotatable bonds is 5. The molecule has 0 spiro atoms. The van der Waals surface area contributed by atoms with Crippen LogP contribution in [0.3, 0.4) is 0 Å². The van der Waals surface area contributed by atoms with Crippen LogP contribution in [0.15, 0.2) is 42.5 Å². The molecule has 1 atom stereocenters. The van der Waals surface area contributed by atoms with Crippen LogP contribution in [0.1, 0.15) is 44.6 Å². The molecule has 0 aliphatic rings. The highest BCUT2D eigenvalue weighted by Gasteiger charge is 2.10. The van der Waals surface area contributed by atoms with Crippen LogP contribution in [-0.4, -0.2) is 0 Å². The zero-order valence-corrected chi connectivity index (χ0v) is 9.29. The van der Waals surface area contributed by atoms with Crippen molar-refractivity contribution in [2.24, 2.45) is 0 Å². The molecule has 0 bridgehead atoms. The second kappa shape index (κ2) is 5.64. The van der Waals surface area contributed by atoms with Crippen molar-refractivity contribution in [3.63, 3.8) is 0 Å². The predicted octanol–water partition coefficient (Wildman–Crippen LogP) is 4.54. The fourth-order valence-electron chi connectivity index (χ4n) is 1.79. The Kier molecular flexibility index (Phi) is 4.45. The quantitative estimate of drug-likeness (QED) is 0.595. The van der Waals surface area contributed by atoms with Gasteiger partial charge in [-0.2, -0.15) is 0 Å². The van der Waals surface area contributed by atoms with Crippen molar-refractivity contribution < 1.29 is 0 Å². The lowest BCUT2D eigenvalue weighted by molar-refractivity contribution is 0.643. The Morgan fingerprint density at radius 2 is 1.93 bits per heavy atom. The molecule has 0 N–H and O–H groups in total. The molecule has 0 saturated heterocycles. The number of hydrogen-bond donors (Lipinski definition) is 0. The third kappa shape index (κ3) is 3.02. The normalized spacial score (nSPS) is 12.4. The van der Waals surface area contributed by atoms with Gasteiger partial charge in [0.1, 0.15) is 0 Å². The third-order valence-corrected chi connectivity index (χ3v) is 2.64. The van der Waals surface area contributed by atoms with Gasteiger partial charge in [-0.15, -0.1) is 0 Å². The highest BCUT2D eigenvalue weighted by molar-refractivity contribution is 5.26. The van der Waals surface area contributed by atoms with Crippen LogP contribution in [0.4, 0.5) is 0 Å². The van der Waals surface area contributed by atoms with Crippen LogP contribution in [-0.2, 0) is 0 Å². The summed E-state index contributed by atoms with van der Waals surface area (Å²) in [5.41, 5.74) is 2.69. The molecular formula is C14H20. The van der Waals surface area contributed by atoms with Crippen LogP contribution in [0.2, 0.25) is 0 Å². The molecule has 0 amide bonds. The largest absolute Gasteiger partial charge is 0.0995 e.